The minimum absolute atomic E-state index is 0.0329. The molecule has 0 saturated heterocycles. The molecule has 5 heteroatoms. The molecule has 1 atom stereocenters. The summed E-state index contributed by atoms with van der Waals surface area (Å²) >= 11 is 0. The Labute approximate surface area is 135 Å². The van der Waals surface area contributed by atoms with E-state index in [9.17, 15) is 9.50 Å². The zero-order valence-corrected chi connectivity index (χ0v) is 13.4. The Bertz CT molecular complexity index is 661. The Balaban J connectivity index is 2.22. The van der Waals surface area contributed by atoms with Crippen molar-refractivity contribution in [3.63, 3.8) is 0 Å². The van der Waals surface area contributed by atoms with Crippen LogP contribution in [0.4, 0.5) is 4.39 Å². The topological polar surface area (TPSA) is 64.7 Å². The third-order valence-corrected chi connectivity index (χ3v) is 3.74. The van der Waals surface area contributed by atoms with Crippen molar-refractivity contribution in [2.45, 2.75) is 19.3 Å². The number of ether oxygens (including phenoxy) is 2. The van der Waals surface area contributed by atoms with Crippen LogP contribution in [0.25, 0.3) is 0 Å². The molecule has 2 rings (SSSR count). The maximum atomic E-state index is 13.9. The van der Waals surface area contributed by atoms with Crippen molar-refractivity contribution in [3.8, 4) is 17.2 Å². The molecule has 0 aliphatic carbocycles. The monoisotopic (exact) mass is 319 g/mol. The summed E-state index contributed by atoms with van der Waals surface area (Å²) in [7, 11) is 1.43. The smallest absolute Gasteiger partial charge is 0.165 e. The number of benzene rings is 2. The number of phenolic OH excluding ortho intramolecular Hbond substituents is 1. The average molecular weight is 319 g/mol. The van der Waals surface area contributed by atoms with Crippen molar-refractivity contribution in [3.05, 3.63) is 53.3 Å². The first-order chi connectivity index (χ1) is 11.1. The minimum atomic E-state index is -0.399. The molecular weight excluding hydrogens is 297 g/mol. The number of halogens is 1. The van der Waals surface area contributed by atoms with Crippen LogP contribution < -0.4 is 15.2 Å². The Morgan fingerprint density at radius 2 is 1.96 bits per heavy atom. The molecule has 124 valence electrons. The molecule has 0 spiro atoms. The number of hydrogen-bond donors (Lipinski definition) is 2. The highest BCUT2D eigenvalue weighted by atomic mass is 19.1. The quantitative estimate of drug-likeness (QED) is 0.822. The SMILES string of the molecule is CCOc1cc(CC(CN)c2ccc(OC)c(F)c2)ccc1O. The van der Waals surface area contributed by atoms with Gasteiger partial charge >= 0.3 is 0 Å². The second-order valence-corrected chi connectivity index (χ2v) is 5.27. The molecule has 0 aliphatic heterocycles. The largest absolute Gasteiger partial charge is 0.504 e. The van der Waals surface area contributed by atoms with Gasteiger partial charge in [0.25, 0.3) is 0 Å². The van der Waals surface area contributed by atoms with Crippen LogP contribution in [-0.4, -0.2) is 25.4 Å². The van der Waals surface area contributed by atoms with Crippen molar-refractivity contribution in [1.82, 2.24) is 0 Å². The van der Waals surface area contributed by atoms with Crippen molar-refractivity contribution < 1.29 is 19.0 Å². The van der Waals surface area contributed by atoms with E-state index in [0.29, 0.717) is 25.3 Å². The van der Waals surface area contributed by atoms with Crippen molar-refractivity contribution in [2.75, 3.05) is 20.3 Å². The summed E-state index contributed by atoms with van der Waals surface area (Å²) in [6.07, 6.45) is 0.628. The van der Waals surface area contributed by atoms with E-state index < -0.39 is 5.82 Å². The highest BCUT2D eigenvalue weighted by Crippen LogP contribution is 2.30. The van der Waals surface area contributed by atoms with Crippen LogP contribution in [0, 0.1) is 5.82 Å². The van der Waals surface area contributed by atoms with E-state index in [1.165, 1.54) is 13.2 Å². The lowest BCUT2D eigenvalue weighted by molar-refractivity contribution is 0.317. The van der Waals surface area contributed by atoms with Gasteiger partial charge in [-0.05, 0) is 55.3 Å². The maximum absolute atomic E-state index is 13.9. The molecule has 0 bridgehead atoms. The summed E-state index contributed by atoms with van der Waals surface area (Å²) in [4.78, 5) is 0. The molecule has 0 saturated carbocycles. The predicted octanol–water partition coefficient (Wildman–Crippen LogP) is 3.22. The molecule has 2 aromatic carbocycles. The van der Waals surface area contributed by atoms with Gasteiger partial charge in [-0.15, -0.1) is 0 Å². The first kappa shape index (κ1) is 17.1. The van der Waals surface area contributed by atoms with Crippen LogP contribution in [0.1, 0.15) is 24.0 Å². The van der Waals surface area contributed by atoms with Gasteiger partial charge in [0.05, 0.1) is 13.7 Å². The minimum Gasteiger partial charge on any atom is -0.504 e. The summed E-state index contributed by atoms with van der Waals surface area (Å²) in [5.74, 6) is 0.337. The van der Waals surface area contributed by atoms with Crippen molar-refractivity contribution in [1.29, 1.82) is 0 Å². The Hall–Kier alpha value is -2.27. The van der Waals surface area contributed by atoms with E-state index in [1.54, 1.807) is 18.2 Å². The molecule has 2 aromatic rings. The van der Waals surface area contributed by atoms with E-state index in [2.05, 4.69) is 0 Å². The number of phenols is 1. The van der Waals surface area contributed by atoms with Gasteiger partial charge in [0.1, 0.15) is 0 Å². The molecule has 0 aromatic heterocycles. The second kappa shape index (κ2) is 7.83. The molecule has 0 heterocycles. The number of hydrogen-bond acceptors (Lipinski definition) is 4. The maximum Gasteiger partial charge on any atom is 0.165 e. The highest BCUT2D eigenvalue weighted by Gasteiger charge is 2.15. The number of aromatic hydroxyl groups is 1. The Morgan fingerprint density at radius 1 is 1.17 bits per heavy atom. The van der Waals surface area contributed by atoms with Gasteiger partial charge in [0.2, 0.25) is 0 Å². The second-order valence-electron chi connectivity index (χ2n) is 5.27. The van der Waals surface area contributed by atoms with Gasteiger partial charge in [0, 0.05) is 5.92 Å². The van der Waals surface area contributed by atoms with E-state index in [0.717, 1.165) is 11.1 Å². The van der Waals surface area contributed by atoms with E-state index >= 15 is 0 Å². The third-order valence-electron chi connectivity index (χ3n) is 3.74. The van der Waals surface area contributed by atoms with Gasteiger partial charge in [-0.3, -0.25) is 0 Å². The summed E-state index contributed by atoms with van der Waals surface area (Å²) in [6.45, 7) is 2.71. The molecule has 0 amide bonds. The standard InChI is InChI=1S/C18H22FNO3/c1-3-23-18-9-12(4-6-16(18)21)8-14(11-20)13-5-7-17(22-2)15(19)10-13/h4-7,9-10,14,21H,3,8,11,20H2,1-2H3. The Kier molecular flexibility index (Phi) is 5.82. The molecule has 0 radical (unpaired) electrons. The lowest BCUT2D eigenvalue weighted by Gasteiger charge is -2.17. The van der Waals surface area contributed by atoms with Gasteiger partial charge in [0.15, 0.2) is 23.1 Å². The van der Waals surface area contributed by atoms with Gasteiger partial charge in [-0.1, -0.05) is 12.1 Å². The highest BCUT2D eigenvalue weighted by molar-refractivity contribution is 5.42. The van der Waals surface area contributed by atoms with Gasteiger partial charge < -0.3 is 20.3 Å². The number of nitrogens with two attached hydrogens (primary N) is 1. The van der Waals surface area contributed by atoms with Crippen molar-refractivity contribution >= 4 is 0 Å². The summed E-state index contributed by atoms with van der Waals surface area (Å²) in [6, 6.07) is 10.1. The molecule has 0 aliphatic rings. The van der Waals surface area contributed by atoms with Gasteiger partial charge in [-0.2, -0.15) is 0 Å². The molecule has 4 nitrogen and oxygen atoms in total. The van der Waals surface area contributed by atoms with Gasteiger partial charge in [-0.25, -0.2) is 4.39 Å². The van der Waals surface area contributed by atoms with Crippen LogP contribution in [-0.2, 0) is 6.42 Å². The fourth-order valence-electron chi connectivity index (χ4n) is 2.51. The fourth-order valence-corrected chi connectivity index (χ4v) is 2.51. The summed E-state index contributed by atoms with van der Waals surface area (Å²) in [5.41, 5.74) is 7.65. The van der Waals surface area contributed by atoms with Crippen LogP contribution in [0.3, 0.4) is 0 Å². The summed E-state index contributed by atoms with van der Waals surface area (Å²) < 4.78 is 24.2. The lowest BCUT2D eigenvalue weighted by atomic mass is 9.91. The fraction of sp³-hybridized carbons (Fsp3) is 0.333. The summed E-state index contributed by atoms with van der Waals surface area (Å²) in [5, 5.41) is 9.76. The molecule has 3 N–H and O–H groups in total. The predicted molar refractivity (Wildman–Crippen MR) is 87.7 cm³/mol. The zero-order valence-electron chi connectivity index (χ0n) is 13.4. The first-order valence-electron chi connectivity index (χ1n) is 7.57. The first-order valence-corrected chi connectivity index (χ1v) is 7.57. The lowest BCUT2D eigenvalue weighted by Crippen LogP contribution is -2.15. The van der Waals surface area contributed by atoms with E-state index in [1.807, 2.05) is 19.1 Å². The van der Waals surface area contributed by atoms with E-state index in [4.69, 9.17) is 15.2 Å². The zero-order chi connectivity index (χ0) is 16.8. The molecular formula is C18H22FNO3. The van der Waals surface area contributed by atoms with E-state index in [-0.39, 0.29) is 17.4 Å². The van der Waals surface area contributed by atoms with Crippen LogP contribution in [0.5, 0.6) is 17.2 Å². The third kappa shape index (κ3) is 4.13. The van der Waals surface area contributed by atoms with Crippen molar-refractivity contribution in [2.24, 2.45) is 5.73 Å². The molecule has 23 heavy (non-hydrogen) atoms. The van der Waals surface area contributed by atoms with Crippen LogP contribution >= 0.6 is 0 Å². The average Bonchev–Trinajstić information content (AvgIpc) is 2.55. The molecule has 1 unspecified atom stereocenters. The number of methoxy groups -OCH3 is 1. The Morgan fingerprint density at radius 3 is 2.57 bits per heavy atom. The number of rotatable bonds is 7. The molecule has 0 fully saturated rings. The van der Waals surface area contributed by atoms with Crippen LogP contribution in [0.2, 0.25) is 0 Å². The normalized spacial score (nSPS) is 12.0. The van der Waals surface area contributed by atoms with Crippen LogP contribution in [0.15, 0.2) is 36.4 Å².